The SMILES string of the molecule is Cc1ccccc1C(=O)c1ccc(-c2ccc(C(=O)c3ccccc3C)cc2)cc1. The van der Waals surface area contributed by atoms with E-state index in [0.29, 0.717) is 11.1 Å². The molecule has 0 saturated heterocycles. The zero-order chi connectivity index (χ0) is 21.1. The maximum atomic E-state index is 12.8. The summed E-state index contributed by atoms with van der Waals surface area (Å²) in [4.78, 5) is 25.5. The number of carbonyl (C=O) groups excluding carboxylic acids is 2. The minimum atomic E-state index is 0.0267. The van der Waals surface area contributed by atoms with Crippen LogP contribution in [0, 0.1) is 13.8 Å². The van der Waals surface area contributed by atoms with Crippen LogP contribution in [0.4, 0.5) is 0 Å². The Morgan fingerprint density at radius 3 is 1.13 bits per heavy atom. The van der Waals surface area contributed by atoms with E-state index >= 15 is 0 Å². The Morgan fingerprint density at radius 2 is 0.800 bits per heavy atom. The van der Waals surface area contributed by atoms with E-state index in [0.717, 1.165) is 33.4 Å². The van der Waals surface area contributed by atoms with Gasteiger partial charge in [0.15, 0.2) is 11.6 Å². The highest BCUT2D eigenvalue weighted by Gasteiger charge is 2.13. The summed E-state index contributed by atoms with van der Waals surface area (Å²) in [6, 6.07) is 30.5. The van der Waals surface area contributed by atoms with Crippen LogP contribution in [0.3, 0.4) is 0 Å². The predicted molar refractivity (Wildman–Crippen MR) is 121 cm³/mol. The number of ketones is 2. The second-order valence-corrected chi connectivity index (χ2v) is 7.44. The molecule has 0 amide bonds. The Kier molecular flexibility index (Phi) is 5.40. The van der Waals surface area contributed by atoms with Gasteiger partial charge < -0.3 is 0 Å². The van der Waals surface area contributed by atoms with E-state index in [2.05, 4.69) is 0 Å². The van der Waals surface area contributed by atoms with Crippen LogP contribution in [0.15, 0.2) is 97.1 Å². The molecule has 4 rings (SSSR count). The molecule has 0 aromatic heterocycles. The Morgan fingerprint density at radius 1 is 0.467 bits per heavy atom. The lowest BCUT2D eigenvalue weighted by molar-refractivity contribution is 0.103. The Labute approximate surface area is 176 Å². The Hall–Kier alpha value is -3.78. The highest BCUT2D eigenvalue weighted by atomic mass is 16.1. The van der Waals surface area contributed by atoms with Crippen molar-refractivity contribution in [2.45, 2.75) is 13.8 Å². The van der Waals surface area contributed by atoms with E-state index in [4.69, 9.17) is 0 Å². The van der Waals surface area contributed by atoms with E-state index < -0.39 is 0 Å². The van der Waals surface area contributed by atoms with Gasteiger partial charge in [0.2, 0.25) is 0 Å². The summed E-state index contributed by atoms with van der Waals surface area (Å²) in [5.74, 6) is 0.0534. The van der Waals surface area contributed by atoms with E-state index in [1.807, 2.05) is 111 Å². The van der Waals surface area contributed by atoms with E-state index in [1.54, 1.807) is 0 Å². The van der Waals surface area contributed by atoms with Crippen LogP contribution < -0.4 is 0 Å². The molecule has 0 atom stereocenters. The van der Waals surface area contributed by atoms with Crippen molar-refractivity contribution >= 4 is 11.6 Å². The van der Waals surface area contributed by atoms with Crippen LogP contribution in [0.1, 0.15) is 43.0 Å². The number of hydrogen-bond acceptors (Lipinski definition) is 2. The molecule has 0 radical (unpaired) electrons. The Balaban J connectivity index is 1.55. The standard InChI is InChI=1S/C28H22O2/c1-19-7-3-5-9-25(19)27(29)23-15-11-21(12-16-23)22-13-17-24(18-14-22)28(30)26-10-6-4-8-20(26)2/h3-18H,1-2H3. The molecule has 30 heavy (non-hydrogen) atoms. The smallest absolute Gasteiger partial charge is 0.193 e. The predicted octanol–water partition coefficient (Wildman–Crippen LogP) is 6.43. The summed E-state index contributed by atoms with van der Waals surface area (Å²) in [7, 11) is 0. The molecule has 2 heteroatoms. The largest absolute Gasteiger partial charge is 0.289 e. The van der Waals surface area contributed by atoms with Crippen molar-refractivity contribution < 1.29 is 9.59 Å². The topological polar surface area (TPSA) is 34.1 Å². The maximum Gasteiger partial charge on any atom is 0.193 e. The second-order valence-electron chi connectivity index (χ2n) is 7.44. The molecule has 0 N–H and O–H groups in total. The minimum absolute atomic E-state index is 0.0267. The van der Waals surface area contributed by atoms with Gasteiger partial charge in [-0.15, -0.1) is 0 Å². The zero-order valence-electron chi connectivity index (χ0n) is 17.1. The third kappa shape index (κ3) is 3.85. The highest BCUT2D eigenvalue weighted by Crippen LogP contribution is 2.23. The normalized spacial score (nSPS) is 10.6. The van der Waals surface area contributed by atoms with Gasteiger partial charge in [0.1, 0.15) is 0 Å². The van der Waals surface area contributed by atoms with Crippen LogP contribution >= 0.6 is 0 Å². The monoisotopic (exact) mass is 390 g/mol. The van der Waals surface area contributed by atoms with Gasteiger partial charge in [0, 0.05) is 22.3 Å². The molecule has 4 aromatic rings. The molecule has 4 aromatic carbocycles. The summed E-state index contributed by atoms with van der Waals surface area (Å²) < 4.78 is 0. The molecule has 0 bridgehead atoms. The van der Waals surface area contributed by atoms with Crippen LogP contribution in [-0.4, -0.2) is 11.6 Å². The summed E-state index contributed by atoms with van der Waals surface area (Å²) in [6.45, 7) is 3.89. The molecule has 0 unspecified atom stereocenters. The van der Waals surface area contributed by atoms with E-state index in [1.165, 1.54) is 0 Å². The van der Waals surface area contributed by atoms with Crippen molar-refractivity contribution in [2.75, 3.05) is 0 Å². The first-order valence-corrected chi connectivity index (χ1v) is 9.96. The van der Waals surface area contributed by atoms with Gasteiger partial charge in [0.05, 0.1) is 0 Å². The van der Waals surface area contributed by atoms with Gasteiger partial charge in [-0.3, -0.25) is 9.59 Å². The number of carbonyl (C=O) groups is 2. The molecule has 0 aliphatic heterocycles. The minimum Gasteiger partial charge on any atom is -0.289 e. The average molecular weight is 390 g/mol. The molecule has 0 saturated carbocycles. The van der Waals surface area contributed by atoms with E-state index in [-0.39, 0.29) is 11.6 Å². The average Bonchev–Trinajstić information content (AvgIpc) is 2.79. The molecule has 0 spiro atoms. The van der Waals surface area contributed by atoms with Crippen LogP contribution in [0.2, 0.25) is 0 Å². The van der Waals surface area contributed by atoms with Crippen molar-refractivity contribution in [3.63, 3.8) is 0 Å². The highest BCUT2D eigenvalue weighted by molar-refractivity contribution is 6.10. The first-order valence-electron chi connectivity index (χ1n) is 9.96. The fourth-order valence-electron chi connectivity index (χ4n) is 3.59. The first-order chi connectivity index (χ1) is 14.5. The molecule has 146 valence electrons. The molecular formula is C28H22O2. The number of benzene rings is 4. The van der Waals surface area contributed by atoms with Crippen molar-refractivity contribution in [1.29, 1.82) is 0 Å². The summed E-state index contributed by atoms with van der Waals surface area (Å²) in [5.41, 5.74) is 6.74. The third-order valence-electron chi connectivity index (χ3n) is 5.41. The van der Waals surface area contributed by atoms with Gasteiger partial charge in [-0.2, -0.15) is 0 Å². The zero-order valence-corrected chi connectivity index (χ0v) is 17.1. The molecule has 0 heterocycles. The van der Waals surface area contributed by atoms with Crippen LogP contribution in [-0.2, 0) is 0 Å². The number of aryl methyl sites for hydroxylation is 2. The number of hydrogen-bond donors (Lipinski definition) is 0. The fraction of sp³-hybridized carbons (Fsp3) is 0.0714. The lowest BCUT2D eigenvalue weighted by Crippen LogP contribution is -2.03. The van der Waals surface area contributed by atoms with Gasteiger partial charge >= 0.3 is 0 Å². The number of rotatable bonds is 5. The Bertz CT molecular complexity index is 1120. The van der Waals surface area contributed by atoms with Gasteiger partial charge in [-0.25, -0.2) is 0 Å². The molecule has 0 aliphatic carbocycles. The lowest BCUT2D eigenvalue weighted by atomic mass is 9.95. The third-order valence-corrected chi connectivity index (χ3v) is 5.41. The van der Waals surface area contributed by atoms with Gasteiger partial charge in [-0.1, -0.05) is 97.1 Å². The summed E-state index contributed by atoms with van der Waals surface area (Å²) >= 11 is 0. The van der Waals surface area contributed by atoms with Crippen molar-refractivity contribution in [3.8, 4) is 11.1 Å². The van der Waals surface area contributed by atoms with Crippen molar-refractivity contribution in [3.05, 3.63) is 130 Å². The summed E-state index contributed by atoms with van der Waals surface area (Å²) in [6.07, 6.45) is 0. The van der Waals surface area contributed by atoms with Gasteiger partial charge in [-0.05, 0) is 36.1 Å². The molecular weight excluding hydrogens is 368 g/mol. The lowest BCUT2D eigenvalue weighted by Gasteiger charge is -2.08. The maximum absolute atomic E-state index is 12.8. The van der Waals surface area contributed by atoms with Crippen molar-refractivity contribution in [1.82, 2.24) is 0 Å². The van der Waals surface area contributed by atoms with Crippen LogP contribution in [0.5, 0.6) is 0 Å². The first kappa shape index (κ1) is 19.5. The van der Waals surface area contributed by atoms with E-state index in [9.17, 15) is 9.59 Å². The molecule has 2 nitrogen and oxygen atoms in total. The van der Waals surface area contributed by atoms with Crippen LogP contribution in [0.25, 0.3) is 11.1 Å². The van der Waals surface area contributed by atoms with Gasteiger partial charge in [0.25, 0.3) is 0 Å². The van der Waals surface area contributed by atoms with Crippen molar-refractivity contribution in [2.24, 2.45) is 0 Å². The second kappa shape index (κ2) is 8.30. The fourth-order valence-corrected chi connectivity index (χ4v) is 3.59. The molecule has 0 fully saturated rings. The quantitative estimate of drug-likeness (QED) is 0.368. The summed E-state index contributed by atoms with van der Waals surface area (Å²) in [5, 5.41) is 0. The molecule has 0 aliphatic rings.